The normalized spacial score (nSPS) is 17.2. The summed E-state index contributed by atoms with van der Waals surface area (Å²) >= 11 is 6.33. The average molecular weight is 398 g/mol. The lowest BCUT2D eigenvalue weighted by Gasteiger charge is -2.32. The molecule has 1 amide bonds. The Labute approximate surface area is 170 Å². The van der Waals surface area contributed by atoms with Crippen LogP contribution in [0.3, 0.4) is 0 Å². The molecule has 3 rings (SSSR count). The van der Waals surface area contributed by atoms with E-state index in [9.17, 15) is 4.79 Å². The number of piperazine rings is 1. The van der Waals surface area contributed by atoms with Crippen LogP contribution in [0.5, 0.6) is 0 Å². The number of amides is 1. The Balaban J connectivity index is 1.80. The molecule has 28 heavy (non-hydrogen) atoms. The minimum absolute atomic E-state index is 0.271. The minimum Gasteiger partial charge on any atom is -0.322 e. The Morgan fingerprint density at radius 2 is 2.21 bits per heavy atom. The number of benzene rings is 1. The molecule has 0 saturated carbocycles. The fourth-order valence-corrected chi connectivity index (χ4v) is 3.68. The molecule has 1 saturated heterocycles. The van der Waals surface area contributed by atoms with Crippen molar-refractivity contribution >= 4 is 23.2 Å². The number of anilines is 1. The first-order valence-corrected chi connectivity index (χ1v) is 9.68. The second-order valence-electron chi connectivity index (χ2n) is 7.28. The average Bonchev–Trinajstić information content (AvgIpc) is 2.65. The number of nitrogens with one attached hydrogen (secondary N) is 2. The third-order valence-electron chi connectivity index (χ3n) is 5.02. The molecule has 0 aliphatic carbocycles. The number of carbonyl (C=O) groups is 1. The van der Waals surface area contributed by atoms with Gasteiger partial charge in [0.1, 0.15) is 11.8 Å². The fourth-order valence-electron chi connectivity index (χ4n) is 3.44. The van der Waals surface area contributed by atoms with Gasteiger partial charge in [0.15, 0.2) is 0 Å². The minimum atomic E-state index is -0.271. The fraction of sp³-hybridized carbons (Fsp3) is 0.381. The van der Waals surface area contributed by atoms with Crippen molar-refractivity contribution in [3.05, 3.63) is 57.4 Å². The number of nitriles is 1. The van der Waals surface area contributed by atoms with Crippen molar-refractivity contribution < 1.29 is 4.79 Å². The van der Waals surface area contributed by atoms with Crippen molar-refractivity contribution in [1.29, 1.82) is 5.26 Å². The van der Waals surface area contributed by atoms with Crippen molar-refractivity contribution in [2.45, 2.75) is 33.4 Å². The largest absolute Gasteiger partial charge is 0.322 e. The lowest BCUT2D eigenvalue weighted by Crippen LogP contribution is -2.48. The molecule has 1 aliphatic heterocycles. The maximum atomic E-state index is 12.7. The van der Waals surface area contributed by atoms with E-state index < -0.39 is 0 Å². The monoisotopic (exact) mass is 397 g/mol. The van der Waals surface area contributed by atoms with Crippen LogP contribution in [-0.4, -0.2) is 41.5 Å². The van der Waals surface area contributed by atoms with E-state index in [1.165, 1.54) is 6.20 Å². The number of halogens is 1. The third-order valence-corrected chi connectivity index (χ3v) is 5.24. The summed E-state index contributed by atoms with van der Waals surface area (Å²) < 4.78 is 0. The van der Waals surface area contributed by atoms with Crippen LogP contribution in [0, 0.1) is 25.2 Å². The molecule has 6 nitrogen and oxygen atoms in total. The summed E-state index contributed by atoms with van der Waals surface area (Å²) in [5.41, 5.74) is 4.20. The van der Waals surface area contributed by atoms with Gasteiger partial charge < -0.3 is 10.6 Å². The summed E-state index contributed by atoms with van der Waals surface area (Å²) in [5, 5.41) is 16.0. The first-order valence-electron chi connectivity index (χ1n) is 9.30. The second kappa shape index (κ2) is 8.70. The summed E-state index contributed by atoms with van der Waals surface area (Å²) in [4.78, 5) is 19.1. The Kier molecular flexibility index (Phi) is 6.30. The summed E-state index contributed by atoms with van der Waals surface area (Å²) in [6.07, 6.45) is 1.42. The summed E-state index contributed by atoms with van der Waals surface area (Å²) in [7, 11) is 0. The highest BCUT2D eigenvalue weighted by molar-refractivity contribution is 6.31. The van der Waals surface area contributed by atoms with Crippen molar-refractivity contribution in [2.75, 3.05) is 25.0 Å². The van der Waals surface area contributed by atoms with Gasteiger partial charge >= 0.3 is 0 Å². The lowest BCUT2D eigenvalue weighted by atomic mass is 10.0. The number of hydrogen-bond donors (Lipinski definition) is 2. The highest BCUT2D eigenvalue weighted by Gasteiger charge is 2.18. The zero-order chi connectivity index (χ0) is 20.3. The van der Waals surface area contributed by atoms with Gasteiger partial charge in [-0.1, -0.05) is 11.6 Å². The predicted molar refractivity (Wildman–Crippen MR) is 111 cm³/mol. The molecule has 2 aromatic rings. The molecule has 0 bridgehead atoms. The smallest absolute Gasteiger partial charge is 0.257 e. The molecule has 7 heteroatoms. The number of aryl methyl sites for hydroxylation is 1. The number of pyridine rings is 1. The van der Waals surface area contributed by atoms with Crippen LogP contribution in [0.15, 0.2) is 24.4 Å². The van der Waals surface area contributed by atoms with Crippen LogP contribution in [0.1, 0.15) is 39.7 Å². The van der Waals surface area contributed by atoms with E-state index in [1.54, 1.807) is 19.1 Å². The molecular weight excluding hydrogens is 374 g/mol. The van der Waals surface area contributed by atoms with E-state index in [2.05, 4.69) is 27.4 Å². The van der Waals surface area contributed by atoms with Gasteiger partial charge in [0.05, 0.1) is 5.56 Å². The van der Waals surface area contributed by atoms with Crippen LogP contribution in [0.4, 0.5) is 5.69 Å². The van der Waals surface area contributed by atoms with Gasteiger partial charge in [-0.25, -0.2) is 4.98 Å². The molecule has 1 fully saturated rings. The van der Waals surface area contributed by atoms with Gasteiger partial charge in [0, 0.05) is 49.1 Å². The molecule has 1 atom stereocenters. The highest BCUT2D eigenvalue weighted by atomic mass is 35.5. The number of hydrogen-bond acceptors (Lipinski definition) is 5. The Hall–Kier alpha value is -2.46. The lowest BCUT2D eigenvalue weighted by molar-refractivity contribution is 0.102. The molecular formula is C21H24ClN5O. The van der Waals surface area contributed by atoms with E-state index in [4.69, 9.17) is 16.9 Å². The quantitative estimate of drug-likeness (QED) is 0.827. The summed E-state index contributed by atoms with van der Waals surface area (Å²) in [5.74, 6) is -0.271. The molecule has 2 N–H and O–H groups in total. The summed E-state index contributed by atoms with van der Waals surface area (Å²) in [6, 6.07) is 7.87. The third kappa shape index (κ3) is 4.68. The summed E-state index contributed by atoms with van der Waals surface area (Å²) in [6.45, 7) is 9.65. The van der Waals surface area contributed by atoms with E-state index >= 15 is 0 Å². The first-order chi connectivity index (χ1) is 13.4. The molecule has 146 valence electrons. The number of rotatable bonds is 4. The maximum Gasteiger partial charge on any atom is 0.257 e. The number of aromatic nitrogens is 1. The van der Waals surface area contributed by atoms with Gasteiger partial charge in [0.25, 0.3) is 5.91 Å². The Morgan fingerprint density at radius 3 is 2.89 bits per heavy atom. The molecule has 0 spiro atoms. The van der Waals surface area contributed by atoms with Crippen molar-refractivity contribution in [3.8, 4) is 6.07 Å². The van der Waals surface area contributed by atoms with E-state index in [0.717, 1.165) is 37.3 Å². The molecule has 1 aromatic heterocycles. The van der Waals surface area contributed by atoms with E-state index in [-0.39, 0.29) is 5.91 Å². The Morgan fingerprint density at radius 1 is 1.43 bits per heavy atom. The van der Waals surface area contributed by atoms with Crippen LogP contribution in [-0.2, 0) is 6.54 Å². The molecule has 1 unspecified atom stereocenters. The van der Waals surface area contributed by atoms with Crippen LogP contribution >= 0.6 is 11.6 Å². The van der Waals surface area contributed by atoms with Gasteiger partial charge in [0.2, 0.25) is 0 Å². The van der Waals surface area contributed by atoms with Gasteiger partial charge in [-0.2, -0.15) is 5.26 Å². The zero-order valence-electron chi connectivity index (χ0n) is 16.3. The van der Waals surface area contributed by atoms with Crippen LogP contribution < -0.4 is 10.6 Å². The molecule has 2 heterocycles. The van der Waals surface area contributed by atoms with Gasteiger partial charge in [-0.3, -0.25) is 9.69 Å². The Bertz CT molecular complexity index is 937. The van der Waals surface area contributed by atoms with Crippen molar-refractivity contribution in [1.82, 2.24) is 15.2 Å². The molecule has 1 aliphatic rings. The second-order valence-corrected chi connectivity index (χ2v) is 7.72. The van der Waals surface area contributed by atoms with Crippen LogP contribution in [0.25, 0.3) is 0 Å². The predicted octanol–water partition coefficient (Wildman–Crippen LogP) is 3.27. The highest BCUT2D eigenvalue weighted by Crippen LogP contribution is 2.27. The van der Waals surface area contributed by atoms with E-state index in [1.807, 2.05) is 19.1 Å². The van der Waals surface area contributed by atoms with Crippen LogP contribution in [0.2, 0.25) is 5.02 Å². The maximum absolute atomic E-state index is 12.7. The number of nitrogens with zero attached hydrogens (tertiary/aromatic N) is 3. The standard InChI is InChI=1S/C21H24ClN5O/c1-13-6-16(10-25-20(13)9-23)21(28)26-19-8-18(22)7-17(15(19)3)12-27-5-4-24-14(2)11-27/h6-8,10,14,24H,4-5,11-12H2,1-3H3,(H,26,28). The molecule has 0 radical (unpaired) electrons. The van der Waals surface area contributed by atoms with Crippen molar-refractivity contribution in [2.24, 2.45) is 0 Å². The molecule has 1 aromatic carbocycles. The SMILES string of the molecule is Cc1cc(C(=O)Nc2cc(Cl)cc(CN3CCNC(C)C3)c2C)cnc1C#N. The topological polar surface area (TPSA) is 81.1 Å². The first kappa shape index (κ1) is 20.3. The van der Waals surface area contributed by atoms with Gasteiger partial charge in [-0.05, 0) is 55.7 Å². The van der Waals surface area contributed by atoms with Crippen molar-refractivity contribution in [3.63, 3.8) is 0 Å². The van der Waals surface area contributed by atoms with Gasteiger partial charge in [-0.15, -0.1) is 0 Å². The van der Waals surface area contributed by atoms with E-state index in [0.29, 0.717) is 33.6 Å². The zero-order valence-corrected chi connectivity index (χ0v) is 17.1. The number of carbonyl (C=O) groups excluding carboxylic acids is 1.